The molecule has 0 unspecified atom stereocenters. The van der Waals surface area contributed by atoms with Gasteiger partial charge >= 0.3 is 23.8 Å². The molecule has 0 spiro atoms. The summed E-state index contributed by atoms with van der Waals surface area (Å²) in [5, 5.41) is 1.41. The van der Waals surface area contributed by atoms with Crippen LogP contribution in [0.3, 0.4) is 0 Å². The number of hydrogen-bond donors (Lipinski definition) is 0. The van der Waals surface area contributed by atoms with Crippen LogP contribution in [0, 0.1) is 0 Å². The van der Waals surface area contributed by atoms with Crippen LogP contribution in [0.1, 0.15) is 35.9 Å². The highest BCUT2D eigenvalue weighted by atomic mass is 32.1. The van der Waals surface area contributed by atoms with Crippen molar-refractivity contribution in [2.24, 2.45) is 0 Å². The molecule has 0 N–H and O–H groups in total. The molecule has 27 heavy (non-hydrogen) atoms. The number of rotatable bonds is 6. The molecule has 0 atom stereocenters. The minimum atomic E-state index is -1.04. The van der Waals surface area contributed by atoms with Crippen LogP contribution in [-0.4, -0.2) is 53.9 Å². The predicted molar refractivity (Wildman–Crippen MR) is 94.5 cm³/mol. The quantitative estimate of drug-likeness (QED) is 0.411. The molecule has 0 saturated heterocycles. The lowest BCUT2D eigenvalue weighted by atomic mass is 10.1. The number of methoxy groups -OCH3 is 2. The summed E-state index contributed by atoms with van der Waals surface area (Å²) >= 11 is 0.978. The summed E-state index contributed by atoms with van der Waals surface area (Å²) in [5.41, 5.74) is -0.952. The second-order valence-electron chi connectivity index (χ2n) is 5.27. The van der Waals surface area contributed by atoms with Crippen molar-refractivity contribution < 1.29 is 33.4 Å². The lowest BCUT2D eigenvalue weighted by Crippen LogP contribution is -2.33. The molecule has 0 aromatic carbocycles. The van der Waals surface area contributed by atoms with Gasteiger partial charge in [-0.05, 0) is 13.3 Å². The first kappa shape index (κ1) is 20.4. The highest BCUT2D eigenvalue weighted by molar-refractivity contribution is 7.13. The SMILES string of the molecule is CCOC(=O)CCCC(=O)c1scc2c1n(C(=O)OC)c(=O)n2C(=O)OC. The van der Waals surface area contributed by atoms with E-state index in [-0.39, 0.29) is 47.6 Å². The Labute approximate surface area is 157 Å². The third-order valence-electron chi connectivity index (χ3n) is 3.65. The zero-order valence-corrected chi connectivity index (χ0v) is 15.8. The molecule has 0 amide bonds. The molecule has 0 aliphatic heterocycles. The number of imidazole rings is 1. The third-order valence-corrected chi connectivity index (χ3v) is 4.65. The van der Waals surface area contributed by atoms with Gasteiger partial charge in [0.1, 0.15) is 5.52 Å². The molecule has 2 rings (SSSR count). The topological polar surface area (TPSA) is 123 Å². The number of ether oxygens (including phenoxy) is 3. The lowest BCUT2D eigenvalue weighted by Gasteiger charge is -2.03. The number of carbonyl (C=O) groups is 4. The zero-order chi connectivity index (χ0) is 20.1. The molecular weight excluding hydrogens is 380 g/mol. The number of aromatic nitrogens is 2. The van der Waals surface area contributed by atoms with E-state index in [9.17, 15) is 24.0 Å². The van der Waals surface area contributed by atoms with Gasteiger partial charge in [-0.25, -0.2) is 14.4 Å². The van der Waals surface area contributed by atoms with Crippen molar-refractivity contribution in [3.63, 3.8) is 0 Å². The number of thiophene rings is 1. The molecule has 0 aliphatic rings. The second-order valence-corrected chi connectivity index (χ2v) is 6.15. The molecule has 0 saturated carbocycles. The van der Waals surface area contributed by atoms with Crippen molar-refractivity contribution in [3.05, 3.63) is 20.7 Å². The number of esters is 1. The molecular formula is C16H18N2O8S. The molecule has 10 nitrogen and oxygen atoms in total. The highest BCUT2D eigenvalue weighted by Gasteiger charge is 2.28. The molecule has 2 aromatic heterocycles. The van der Waals surface area contributed by atoms with E-state index in [0.29, 0.717) is 9.13 Å². The van der Waals surface area contributed by atoms with E-state index in [1.54, 1.807) is 6.92 Å². The fourth-order valence-corrected chi connectivity index (χ4v) is 3.47. The van der Waals surface area contributed by atoms with Crippen molar-refractivity contribution in [1.29, 1.82) is 0 Å². The zero-order valence-electron chi connectivity index (χ0n) is 15.0. The maximum Gasteiger partial charge on any atom is 0.422 e. The van der Waals surface area contributed by atoms with Gasteiger partial charge in [-0.2, -0.15) is 9.13 Å². The van der Waals surface area contributed by atoms with E-state index >= 15 is 0 Å². The van der Waals surface area contributed by atoms with E-state index in [1.165, 1.54) is 5.38 Å². The Bertz CT molecular complexity index is 952. The minimum absolute atomic E-state index is 0.00714. The van der Waals surface area contributed by atoms with Crippen molar-refractivity contribution >= 4 is 46.3 Å². The summed E-state index contributed by atoms with van der Waals surface area (Å²) in [5.74, 6) is -0.788. The Morgan fingerprint density at radius 3 is 2.26 bits per heavy atom. The van der Waals surface area contributed by atoms with Crippen molar-refractivity contribution in [2.75, 3.05) is 20.8 Å². The Balaban J connectivity index is 2.42. The van der Waals surface area contributed by atoms with Gasteiger partial charge < -0.3 is 14.2 Å². The molecule has 2 heterocycles. The van der Waals surface area contributed by atoms with Crippen LogP contribution in [0.2, 0.25) is 0 Å². The third kappa shape index (κ3) is 3.92. The molecule has 0 aliphatic carbocycles. The summed E-state index contributed by atoms with van der Waals surface area (Å²) in [6.45, 7) is 1.94. The molecule has 0 radical (unpaired) electrons. The Kier molecular flexibility index (Phi) is 6.50. The molecule has 11 heteroatoms. The van der Waals surface area contributed by atoms with Crippen LogP contribution in [0.25, 0.3) is 11.0 Å². The first-order valence-corrected chi connectivity index (χ1v) is 8.85. The van der Waals surface area contributed by atoms with Gasteiger partial charge in [0.25, 0.3) is 0 Å². The number of fused-ring (bicyclic) bond motifs is 1. The fourth-order valence-electron chi connectivity index (χ4n) is 2.48. The van der Waals surface area contributed by atoms with Crippen LogP contribution in [0.15, 0.2) is 10.2 Å². The van der Waals surface area contributed by atoms with E-state index in [4.69, 9.17) is 4.74 Å². The minimum Gasteiger partial charge on any atom is -0.466 e. The first-order valence-electron chi connectivity index (χ1n) is 7.97. The van der Waals surface area contributed by atoms with Gasteiger partial charge in [-0.3, -0.25) is 9.59 Å². The van der Waals surface area contributed by atoms with Gasteiger partial charge in [0, 0.05) is 18.2 Å². The van der Waals surface area contributed by atoms with Gasteiger partial charge in [0.15, 0.2) is 5.78 Å². The van der Waals surface area contributed by atoms with Crippen LogP contribution >= 0.6 is 11.3 Å². The number of ketones is 1. The number of hydrogen-bond acceptors (Lipinski definition) is 9. The lowest BCUT2D eigenvalue weighted by molar-refractivity contribution is -0.143. The summed E-state index contributed by atoms with van der Waals surface area (Å²) in [4.78, 5) is 60.4. The van der Waals surface area contributed by atoms with Crippen LogP contribution < -0.4 is 5.69 Å². The second kappa shape index (κ2) is 8.62. The molecule has 2 aromatic rings. The van der Waals surface area contributed by atoms with E-state index in [2.05, 4.69) is 9.47 Å². The number of nitrogens with zero attached hydrogens (tertiary/aromatic N) is 2. The summed E-state index contributed by atoms with van der Waals surface area (Å²) in [6.07, 6.45) is -1.70. The van der Waals surface area contributed by atoms with E-state index < -0.39 is 23.8 Å². The number of Topliss-reactive ketones (excluding diaryl/α,β-unsaturated/α-hetero) is 1. The van der Waals surface area contributed by atoms with Gasteiger partial charge in [0.2, 0.25) is 0 Å². The fraction of sp³-hybridized carbons (Fsp3) is 0.438. The first-order chi connectivity index (χ1) is 12.9. The van der Waals surface area contributed by atoms with Crippen LogP contribution in [-0.2, 0) is 19.0 Å². The largest absolute Gasteiger partial charge is 0.466 e. The van der Waals surface area contributed by atoms with Crippen molar-refractivity contribution in [3.8, 4) is 0 Å². The molecule has 0 fully saturated rings. The van der Waals surface area contributed by atoms with Gasteiger partial charge in [0.05, 0.1) is 31.2 Å². The Morgan fingerprint density at radius 2 is 1.67 bits per heavy atom. The van der Waals surface area contributed by atoms with Crippen LogP contribution in [0.5, 0.6) is 0 Å². The molecule has 146 valence electrons. The van der Waals surface area contributed by atoms with Crippen molar-refractivity contribution in [2.45, 2.75) is 26.2 Å². The van der Waals surface area contributed by atoms with Gasteiger partial charge in [-0.1, -0.05) is 0 Å². The highest BCUT2D eigenvalue weighted by Crippen LogP contribution is 2.27. The summed E-state index contributed by atoms with van der Waals surface area (Å²) < 4.78 is 15.2. The van der Waals surface area contributed by atoms with Gasteiger partial charge in [-0.15, -0.1) is 11.3 Å². The van der Waals surface area contributed by atoms with Crippen LogP contribution in [0.4, 0.5) is 9.59 Å². The average molecular weight is 398 g/mol. The van der Waals surface area contributed by atoms with E-state index in [1.807, 2.05) is 0 Å². The average Bonchev–Trinajstić information content (AvgIpc) is 3.17. The monoisotopic (exact) mass is 398 g/mol. The van der Waals surface area contributed by atoms with E-state index in [0.717, 1.165) is 25.6 Å². The van der Waals surface area contributed by atoms with Crippen molar-refractivity contribution in [1.82, 2.24) is 9.13 Å². The predicted octanol–water partition coefficient (Wildman–Crippen LogP) is 2.01. The maximum absolute atomic E-state index is 12.5. The normalized spacial score (nSPS) is 10.6. The maximum atomic E-state index is 12.5. The Hall–Kier alpha value is -2.95. The summed E-state index contributed by atoms with van der Waals surface area (Å²) in [7, 11) is 2.16. The number of carbonyl (C=O) groups excluding carboxylic acids is 4. The molecule has 0 bridgehead atoms. The smallest absolute Gasteiger partial charge is 0.422 e. The summed E-state index contributed by atoms with van der Waals surface area (Å²) in [6, 6.07) is 0. The Morgan fingerprint density at radius 1 is 1.04 bits per heavy atom. The standard InChI is InChI=1S/C16H18N2O8S/c1-4-26-11(20)7-5-6-10(19)13-12-9(8-27-13)17(15(22)24-2)14(21)18(12)16(23)25-3/h8H,4-7H2,1-3H3.